The topological polar surface area (TPSA) is 73.1 Å². The Kier molecular flexibility index (Phi) is 3.54. The summed E-state index contributed by atoms with van der Waals surface area (Å²) in [5, 5.41) is 3.89. The first-order valence-corrected chi connectivity index (χ1v) is 4.30. The van der Waals surface area contributed by atoms with Gasteiger partial charge in [-0.3, -0.25) is 5.84 Å². The molecule has 0 radical (unpaired) electrons. The Morgan fingerprint density at radius 1 is 1.75 bits per heavy atom. The molecule has 1 atom stereocenters. The van der Waals surface area contributed by atoms with Crippen LogP contribution in [0.5, 0.6) is 0 Å². The van der Waals surface area contributed by atoms with Crippen LogP contribution in [0.3, 0.4) is 0 Å². The summed E-state index contributed by atoms with van der Waals surface area (Å²) in [5.41, 5.74) is 3.55. The maximum atomic E-state index is 5.34. The summed E-state index contributed by atoms with van der Waals surface area (Å²) >= 11 is 1.34. The fraction of sp³-hybridized carbons (Fsp3) is 0.667. The van der Waals surface area contributed by atoms with Gasteiger partial charge in [-0.15, -0.1) is 5.10 Å². The first-order valence-electron chi connectivity index (χ1n) is 3.53. The third-order valence-corrected chi connectivity index (χ3v) is 2.48. The van der Waals surface area contributed by atoms with Crippen LogP contribution < -0.4 is 11.3 Å². The van der Waals surface area contributed by atoms with Crippen LogP contribution in [-0.4, -0.2) is 23.3 Å². The van der Waals surface area contributed by atoms with Crippen LogP contribution in [0.2, 0.25) is 0 Å². The Balaban J connectivity index is 2.72. The number of nitrogens with zero attached hydrogens (tertiary/aromatic N) is 2. The van der Waals surface area contributed by atoms with Gasteiger partial charge in [-0.2, -0.15) is 0 Å². The van der Waals surface area contributed by atoms with Crippen LogP contribution in [0.4, 0.5) is 0 Å². The molecule has 0 aromatic carbocycles. The molecule has 68 valence electrons. The van der Waals surface area contributed by atoms with Gasteiger partial charge in [0.1, 0.15) is 0 Å². The van der Waals surface area contributed by atoms with Gasteiger partial charge in [0, 0.05) is 7.11 Å². The molecule has 0 aliphatic rings. The van der Waals surface area contributed by atoms with Gasteiger partial charge >= 0.3 is 0 Å². The minimum Gasteiger partial charge on any atom is -0.383 e. The zero-order valence-electron chi connectivity index (χ0n) is 7.07. The molecular weight excluding hydrogens is 176 g/mol. The number of hydrazine groups is 1. The lowest BCUT2D eigenvalue weighted by molar-refractivity contribution is 0.168. The number of rotatable bonds is 4. The van der Waals surface area contributed by atoms with E-state index in [9.17, 15) is 0 Å². The minimum absolute atomic E-state index is 0.00463. The molecule has 0 saturated carbocycles. The van der Waals surface area contributed by atoms with E-state index >= 15 is 0 Å². The summed E-state index contributed by atoms with van der Waals surface area (Å²) in [5.74, 6) is 5.34. The molecule has 1 rings (SSSR count). The second-order valence-corrected chi connectivity index (χ2v) is 3.18. The van der Waals surface area contributed by atoms with Gasteiger partial charge in [-0.05, 0) is 18.5 Å². The van der Waals surface area contributed by atoms with Crippen molar-refractivity contribution in [1.82, 2.24) is 15.0 Å². The van der Waals surface area contributed by atoms with Crippen LogP contribution in [0.15, 0.2) is 0 Å². The summed E-state index contributed by atoms with van der Waals surface area (Å²) < 4.78 is 8.80. The van der Waals surface area contributed by atoms with Crippen molar-refractivity contribution in [3.05, 3.63) is 10.6 Å². The van der Waals surface area contributed by atoms with Gasteiger partial charge in [0.25, 0.3) is 0 Å². The van der Waals surface area contributed by atoms with E-state index in [2.05, 4.69) is 15.0 Å². The van der Waals surface area contributed by atoms with E-state index in [1.807, 2.05) is 6.92 Å². The second kappa shape index (κ2) is 4.46. The summed E-state index contributed by atoms with van der Waals surface area (Å²) in [4.78, 5) is 1.03. The first-order chi connectivity index (χ1) is 5.79. The zero-order chi connectivity index (χ0) is 8.97. The van der Waals surface area contributed by atoms with E-state index in [1.54, 1.807) is 7.11 Å². The van der Waals surface area contributed by atoms with Crippen LogP contribution in [-0.2, 0) is 4.74 Å². The Labute approximate surface area is 75.1 Å². The average Bonchev–Trinajstić information content (AvgIpc) is 2.47. The third kappa shape index (κ3) is 1.98. The van der Waals surface area contributed by atoms with E-state index in [0.717, 1.165) is 10.6 Å². The summed E-state index contributed by atoms with van der Waals surface area (Å²) in [6.45, 7) is 2.43. The van der Waals surface area contributed by atoms with E-state index < -0.39 is 0 Å². The minimum atomic E-state index is -0.00463. The van der Waals surface area contributed by atoms with Gasteiger partial charge in [0.2, 0.25) is 0 Å². The summed E-state index contributed by atoms with van der Waals surface area (Å²) in [6, 6.07) is -0.00463. The molecule has 12 heavy (non-hydrogen) atoms. The highest BCUT2D eigenvalue weighted by molar-refractivity contribution is 7.05. The van der Waals surface area contributed by atoms with E-state index in [1.165, 1.54) is 11.5 Å². The van der Waals surface area contributed by atoms with Crippen LogP contribution in [0, 0.1) is 6.92 Å². The van der Waals surface area contributed by atoms with Crippen molar-refractivity contribution < 1.29 is 4.74 Å². The number of aromatic nitrogens is 2. The monoisotopic (exact) mass is 188 g/mol. The van der Waals surface area contributed by atoms with Crippen molar-refractivity contribution in [3.8, 4) is 0 Å². The Morgan fingerprint density at radius 2 is 2.50 bits per heavy atom. The van der Waals surface area contributed by atoms with E-state index in [-0.39, 0.29) is 6.04 Å². The number of aryl methyl sites for hydroxylation is 1. The van der Waals surface area contributed by atoms with E-state index in [4.69, 9.17) is 10.6 Å². The maximum Gasteiger partial charge on any atom is 0.0821 e. The molecule has 1 aromatic heterocycles. The lowest BCUT2D eigenvalue weighted by Crippen LogP contribution is -2.30. The van der Waals surface area contributed by atoms with Crippen molar-refractivity contribution in [2.24, 2.45) is 5.84 Å². The molecule has 0 bridgehead atoms. The highest BCUT2D eigenvalue weighted by Crippen LogP contribution is 2.18. The standard InChI is InChI=1S/C6H12N4OS/c1-4-6(12-10-9-4)5(8-7)3-11-2/h5,8H,3,7H2,1-2H3. The number of nitrogens with one attached hydrogen (secondary N) is 1. The summed E-state index contributed by atoms with van der Waals surface area (Å²) in [6.07, 6.45) is 0. The molecule has 0 spiro atoms. The molecule has 0 fully saturated rings. The summed E-state index contributed by atoms with van der Waals surface area (Å²) in [7, 11) is 1.63. The molecule has 5 nitrogen and oxygen atoms in total. The van der Waals surface area contributed by atoms with Crippen LogP contribution in [0.1, 0.15) is 16.6 Å². The highest BCUT2D eigenvalue weighted by atomic mass is 32.1. The predicted octanol–water partition coefficient (Wildman–Crippen LogP) is -0.00268. The molecule has 6 heteroatoms. The lowest BCUT2D eigenvalue weighted by atomic mass is 10.2. The van der Waals surface area contributed by atoms with Gasteiger partial charge in [-0.25, -0.2) is 5.43 Å². The number of hydrogen-bond acceptors (Lipinski definition) is 6. The van der Waals surface area contributed by atoms with Crippen molar-refractivity contribution >= 4 is 11.5 Å². The largest absolute Gasteiger partial charge is 0.383 e. The average molecular weight is 188 g/mol. The fourth-order valence-electron chi connectivity index (χ4n) is 0.923. The smallest absolute Gasteiger partial charge is 0.0821 e. The molecule has 0 amide bonds. The molecule has 1 unspecified atom stereocenters. The van der Waals surface area contributed by atoms with Crippen LogP contribution in [0.25, 0.3) is 0 Å². The maximum absolute atomic E-state index is 5.34. The van der Waals surface area contributed by atoms with Gasteiger partial charge in [0.05, 0.1) is 23.2 Å². The molecule has 0 saturated heterocycles. The number of ether oxygens (including phenoxy) is 1. The molecule has 1 aromatic rings. The predicted molar refractivity (Wildman–Crippen MR) is 46.6 cm³/mol. The van der Waals surface area contributed by atoms with Crippen molar-refractivity contribution in [2.45, 2.75) is 13.0 Å². The second-order valence-electron chi connectivity index (χ2n) is 2.40. The Morgan fingerprint density at radius 3 is 2.92 bits per heavy atom. The Bertz CT molecular complexity index is 239. The number of methoxy groups -OCH3 is 1. The van der Waals surface area contributed by atoms with Crippen molar-refractivity contribution in [3.63, 3.8) is 0 Å². The molecule has 1 heterocycles. The molecule has 0 aliphatic carbocycles. The normalized spacial score (nSPS) is 13.2. The fourth-order valence-corrected chi connectivity index (χ4v) is 1.61. The lowest BCUT2D eigenvalue weighted by Gasteiger charge is -2.12. The third-order valence-electron chi connectivity index (χ3n) is 1.54. The quantitative estimate of drug-likeness (QED) is 0.514. The van der Waals surface area contributed by atoms with Crippen LogP contribution >= 0.6 is 11.5 Å². The number of hydrogen-bond donors (Lipinski definition) is 2. The molecule has 3 N–H and O–H groups in total. The van der Waals surface area contributed by atoms with E-state index in [0.29, 0.717) is 6.61 Å². The van der Waals surface area contributed by atoms with Crippen molar-refractivity contribution in [2.75, 3.05) is 13.7 Å². The van der Waals surface area contributed by atoms with Gasteiger partial charge < -0.3 is 4.74 Å². The van der Waals surface area contributed by atoms with Gasteiger partial charge in [-0.1, -0.05) is 4.49 Å². The number of nitrogens with two attached hydrogens (primary N) is 1. The molecule has 0 aliphatic heterocycles. The first kappa shape index (κ1) is 9.53. The SMILES string of the molecule is COCC(NN)c1snnc1C. The highest BCUT2D eigenvalue weighted by Gasteiger charge is 2.14. The van der Waals surface area contributed by atoms with Gasteiger partial charge in [0.15, 0.2) is 0 Å². The molecular formula is C6H12N4OS. The Hall–Kier alpha value is -0.560. The van der Waals surface area contributed by atoms with Crippen molar-refractivity contribution in [1.29, 1.82) is 0 Å². The zero-order valence-corrected chi connectivity index (χ0v) is 7.89.